The van der Waals surface area contributed by atoms with E-state index in [-0.39, 0.29) is 10.8 Å². The molecule has 0 saturated heterocycles. The molecule has 1 amide bonds. The van der Waals surface area contributed by atoms with Crippen molar-refractivity contribution in [2.24, 2.45) is 0 Å². The number of amides is 1. The lowest BCUT2D eigenvalue weighted by atomic mass is 10.1. The van der Waals surface area contributed by atoms with Crippen LogP contribution in [-0.4, -0.2) is 34.5 Å². The molecule has 2 rings (SSSR count). The summed E-state index contributed by atoms with van der Waals surface area (Å²) in [4.78, 5) is 12.3. The number of sulfonamides is 1. The minimum Gasteiger partial charge on any atom is -0.494 e. The number of carbonyl (C=O) groups is 1. The summed E-state index contributed by atoms with van der Waals surface area (Å²) < 4.78 is 31.3. The first kappa shape index (κ1) is 19.9. The normalized spacial score (nSPS) is 11.2. The lowest BCUT2D eigenvalue weighted by Crippen LogP contribution is -2.25. The first-order valence-electron chi connectivity index (χ1n) is 8.50. The Morgan fingerprint density at radius 2 is 1.85 bits per heavy atom. The highest BCUT2D eigenvalue weighted by Gasteiger charge is 2.13. The second kappa shape index (κ2) is 9.35. The monoisotopic (exact) mass is 376 g/mol. The Morgan fingerprint density at radius 3 is 2.50 bits per heavy atom. The average Bonchev–Trinajstić information content (AvgIpc) is 2.66. The standard InChI is InChI=1S/C19H24N2O4S/c1-3-25-17-11-9-15(10-12-17)6-5-13-21-19(22)16-7-4-8-18(14-16)26(23,24)20-2/h4,7-12,14,20H,3,5-6,13H2,1-2H3,(H,21,22). The van der Waals surface area contributed by atoms with Crippen LogP contribution in [0.1, 0.15) is 29.3 Å². The van der Waals surface area contributed by atoms with E-state index >= 15 is 0 Å². The Hall–Kier alpha value is -2.38. The number of hydrogen-bond acceptors (Lipinski definition) is 4. The number of carbonyl (C=O) groups excluding carboxylic acids is 1. The topological polar surface area (TPSA) is 84.5 Å². The summed E-state index contributed by atoms with van der Waals surface area (Å²) in [5.41, 5.74) is 1.49. The van der Waals surface area contributed by atoms with Crippen LogP contribution in [0.5, 0.6) is 5.75 Å². The van der Waals surface area contributed by atoms with Gasteiger partial charge in [-0.15, -0.1) is 0 Å². The van der Waals surface area contributed by atoms with Crippen LogP contribution in [0.4, 0.5) is 0 Å². The molecule has 2 aromatic rings. The van der Waals surface area contributed by atoms with Crippen molar-refractivity contribution in [1.29, 1.82) is 0 Å². The Morgan fingerprint density at radius 1 is 1.12 bits per heavy atom. The fraction of sp³-hybridized carbons (Fsp3) is 0.316. The lowest BCUT2D eigenvalue weighted by molar-refractivity contribution is 0.0953. The van der Waals surface area contributed by atoms with Crippen molar-refractivity contribution in [3.8, 4) is 5.75 Å². The van der Waals surface area contributed by atoms with Crippen molar-refractivity contribution in [1.82, 2.24) is 10.0 Å². The third kappa shape index (κ3) is 5.57. The summed E-state index contributed by atoms with van der Waals surface area (Å²) in [7, 11) is -2.23. The summed E-state index contributed by atoms with van der Waals surface area (Å²) in [5.74, 6) is 0.561. The van der Waals surface area contributed by atoms with E-state index in [1.165, 1.54) is 24.7 Å². The fourth-order valence-electron chi connectivity index (χ4n) is 2.44. The zero-order chi connectivity index (χ0) is 19.0. The molecule has 0 radical (unpaired) electrons. The van der Waals surface area contributed by atoms with Gasteiger partial charge in [0.1, 0.15) is 5.75 Å². The number of nitrogens with one attached hydrogen (secondary N) is 2. The van der Waals surface area contributed by atoms with Crippen LogP contribution in [0.15, 0.2) is 53.4 Å². The highest BCUT2D eigenvalue weighted by molar-refractivity contribution is 7.89. The molecular weight excluding hydrogens is 352 g/mol. The molecule has 140 valence electrons. The third-order valence-electron chi connectivity index (χ3n) is 3.84. The van der Waals surface area contributed by atoms with E-state index in [9.17, 15) is 13.2 Å². The van der Waals surface area contributed by atoms with E-state index < -0.39 is 10.0 Å². The Balaban J connectivity index is 1.84. The zero-order valence-corrected chi connectivity index (χ0v) is 15.8. The van der Waals surface area contributed by atoms with Gasteiger partial charge in [-0.05, 0) is 62.7 Å². The Bertz CT molecular complexity index is 833. The molecule has 0 bridgehead atoms. The Labute approximate surface area is 154 Å². The first-order valence-corrected chi connectivity index (χ1v) is 9.98. The van der Waals surface area contributed by atoms with Crippen molar-refractivity contribution >= 4 is 15.9 Å². The Kier molecular flexibility index (Phi) is 7.17. The smallest absolute Gasteiger partial charge is 0.251 e. The van der Waals surface area contributed by atoms with Crippen molar-refractivity contribution in [2.45, 2.75) is 24.7 Å². The van der Waals surface area contributed by atoms with Crippen molar-refractivity contribution < 1.29 is 17.9 Å². The largest absolute Gasteiger partial charge is 0.494 e. The molecule has 7 heteroatoms. The predicted molar refractivity (Wildman–Crippen MR) is 101 cm³/mol. The molecule has 0 aliphatic carbocycles. The fourth-order valence-corrected chi connectivity index (χ4v) is 3.21. The molecule has 0 atom stereocenters. The number of aryl methyl sites for hydroxylation is 1. The van der Waals surface area contributed by atoms with E-state index in [4.69, 9.17) is 4.74 Å². The average molecular weight is 376 g/mol. The molecule has 0 aliphatic rings. The van der Waals surface area contributed by atoms with Gasteiger partial charge in [0.2, 0.25) is 10.0 Å². The van der Waals surface area contributed by atoms with Gasteiger partial charge in [-0.25, -0.2) is 13.1 Å². The summed E-state index contributed by atoms with van der Waals surface area (Å²) in [6.45, 7) is 3.09. The molecule has 0 unspecified atom stereocenters. The molecule has 26 heavy (non-hydrogen) atoms. The lowest BCUT2D eigenvalue weighted by Gasteiger charge is -2.08. The number of benzene rings is 2. The number of hydrogen-bond donors (Lipinski definition) is 2. The summed E-state index contributed by atoms with van der Waals surface area (Å²) >= 11 is 0. The molecule has 0 aromatic heterocycles. The maximum atomic E-state index is 12.2. The van der Waals surface area contributed by atoms with Crippen LogP contribution in [0.2, 0.25) is 0 Å². The summed E-state index contributed by atoms with van der Waals surface area (Å²) in [5, 5.41) is 2.82. The minimum absolute atomic E-state index is 0.0713. The van der Waals surface area contributed by atoms with Gasteiger partial charge in [-0.1, -0.05) is 18.2 Å². The third-order valence-corrected chi connectivity index (χ3v) is 5.25. The zero-order valence-electron chi connectivity index (χ0n) is 15.0. The van der Waals surface area contributed by atoms with Gasteiger partial charge in [0.05, 0.1) is 11.5 Å². The SMILES string of the molecule is CCOc1ccc(CCCNC(=O)c2cccc(S(=O)(=O)NC)c2)cc1. The van der Waals surface area contributed by atoms with Gasteiger partial charge in [0.15, 0.2) is 0 Å². The summed E-state index contributed by atoms with van der Waals surface area (Å²) in [6, 6.07) is 13.9. The van der Waals surface area contributed by atoms with Crippen LogP contribution in [0.25, 0.3) is 0 Å². The van der Waals surface area contributed by atoms with Crippen molar-refractivity contribution in [3.63, 3.8) is 0 Å². The number of rotatable bonds is 9. The maximum absolute atomic E-state index is 12.2. The molecule has 2 N–H and O–H groups in total. The first-order chi connectivity index (χ1) is 12.5. The second-order valence-corrected chi connectivity index (χ2v) is 7.56. The molecule has 0 aliphatic heterocycles. The highest BCUT2D eigenvalue weighted by Crippen LogP contribution is 2.13. The minimum atomic E-state index is -3.56. The van der Waals surface area contributed by atoms with Gasteiger partial charge in [-0.2, -0.15) is 0 Å². The summed E-state index contributed by atoms with van der Waals surface area (Å²) in [6.07, 6.45) is 1.62. The van der Waals surface area contributed by atoms with Crippen molar-refractivity contribution in [2.75, 3.05) is 20.2 Å². The molecule has 6 nitrogen and oxygen atoms in total. The molecular formula is C19H24N2O4S. The maximum Gasteiger partial charge on any atom is 0.251 e. The predicted octanol–water partition coefficient (Wildman–Crippen LogP) is 2.36. The quantitative estimate of drug-likeness (QED) is 0.658. The molecule has 0 spiro atoms. The molecule has 0 fully saturated rings. The van der Waals surface area contributed by atoms with E-state index in [1.54, 1.807) is 12.1 Å². The van der Waals surface area contributed by atoms with E-state index in [2.05, 4.69) is 10.0 Å². The molecule has 0 heterocycles. The van der Waals surface area contributed by atoms with Crippen LogP contribution >= 0.6 is 0 Å². The highest BCUT2D eigenvalue weighted by atomic mass is 32.2. The number of ether oxygens (including phenoxy) is 1. The van der Waals surface area contributed by atoms with Gasteiger partial charge in [-0.3, -0.25) is 4.79 Å². The second-order valence-electron chi connectivity index (χ2n) is 5.67. The van der Waals surface area contributed by atoms with E-state index in [0.717, 1.165) is 18.6 Å². The van der Waals surface area contributed by atoms with Crippen LogP contribution in [0.3, 0.4) is 0 Å². The van der Waals surface area contributed by atoms with E-state index in [0.29, 0.717) is 18.7 Å². The van der Waals surface area contributed by atoms with E-state index in [1.807, 2.05) is 31.2 Å². The van der Waals surface area contributed by atoms with Gasteiger partial charge >= 0.3 is 0 Å². The van der Waals surface area contributed by atoms with Gasteiger partial charge in [0.25, 0.3) is 5.91 Å². The van der Waals surface area contributed by atoms with Gasteiger partial charge in [0, 0.05) is 12.1 Å². The van der Waals surface area contributed by atoms with Crippen LogP contribution < -0.4 is 14.8 Å². The molecule has 0 saturated carbocycles. The van der Waals surface area contributed by atoms with Gasteiger partial charge < -0.3 is 10.1 Å². The van der Waals surface area contributed by atoms with Crippen molar-refractivity contribution in [3.05, 3.63) is 59.7 Å². The van der Waals surface area contributed by atoms with Crippen LogP contribution in [0, 0.1) is 0 Å². The molecule has 2 aromatic carbocycles. The van der Waals surface area contributed by atoms with Crippen LogP contribution in [-0.2, 0) is 16.4 Å².